The minimum absolute atomic E-state index is 0.0684. The van der Waals surface area contributed by atoms with E-state index in [-0.39, 0.29) is 18.7 Å². The normalized spacial score (nSPS) is 11.8. The molecule has 162 valence electrons. The lowest BCUT2D eigenvalue weighted by molar-refractivity contribution is -0.274. The lowest BCUT2D eigenvalue weighted by Crippen LogP contribution is -2.17. The smallest absolute Gasteiger partial charge is 0.497 e. The number of anilines is 1. The number of hydrogen-bond acceptors (Lipinski definition) is 5. The summed E-state index contributed by atoms with van der Waals surface area (Å²) in [5.74, 6) is 0.674. The number of aromatic nitrogens is 2. The number of benzene rings is 2. The number of aryl methyl sites for hydroxylation is 1. The molecule has 0 saturated heterocycles. The topological polar surface area (TPSA) is 68.5 Å². The lowest BCUT2D eigenvalue weighted by Gasteiger charge is -2.16. The lowest BCUT2D eigenvalue weighted by atomic mass is 10.1. The van der Waals surface area contributed by atoms with Gasteiger partial charge in [0, 0.05) is 29.2 Å². The second-order valence-electron chi connectivity index (χ2n) is 6.91. The maximum absolute atomic E-state index is 13.0. The molecule has 0 atom stereocenters. The highest BCUT2D eigenvalue weighted by Gasteiger charge is 2.32. The van der Waals surface area contributed by atoms with E-state index in [1.54, 1.807) is 13.2 Å². The predicted octanol–water partition coefficient (Wildman–Crippen LogP) is 4.80. The molecule has 6 nitrogen and oxygen atoms in total. The molecule has 2 aromatic heterocycles. The molecule has 0 aliphatic carbocycles. The molecular weight excluding hydrogens is 411 g/mol. The number of fused-ring (bicyclic) bond motifs is 3. The highest BCUT2D eigenvalue weighted by Crippen LogP contribution is 2.38. The van der Waals surface area contributed by atoms with Crippen LogP contribution in [0.25, 0.3) is 27.5 Å². The first-order valence-corrected chi connectivity index (χ1v) is 9.51. The minimum Gasteiger partial charge on any atom is -0.497 e. The Morgan fingerprint density at radius 2 is 1.94 bits per heavy atom. The summed E-state index contributed by atoms with van der Waals surface area (Å²) in [4.78, 5) is 4.40. The molecule has 4 rings (SSSR count). The van der Waals surface area contributed by atoms with Crippen molar-refractivity contribution >= 4 is 27.6 Å². The van der Waals surface area contributed by atoms with E-state index in [1.807, 2.05) is 42.0 Å². The fourth-order valence-corrected chi connectivity index (χ4v) is 3.64. The number of alkyl halides is 3. The van der Waals surface area contributed by atoms with E-state index < -0.39 is 12.1 Å². The minimum atomic E-state index is -4.85. The molecule has 0 aliphatic heterocycles. The zero-order valence-corrected chi connectivity index (χ0v) is 16.8. The monoisotopic (exact) mass is 431 g/mol. The summed E-state index contributed by atoms with van der Waals surface area (Å²) < 4.78 is 50.3. The van der Waals surface area contributed by atoms with Gasteiger partial charge in [-0.3, -0.25) is 0 Å². The summed E-state index contributed by atoms with van der Waals surface area (Å²) >= 11 is 0. The molecule has 0 saturated carbocycles. The van der Waals surface area contributed by atoms with Gasteiger partial charge in [-0.2, -0.15) is 0 Å². The second kappa shape index (κ2) is 7.99. The Hall–Kier alpha value is -3.46. The van der Waals surface area contributed by atoms with Crippen LogP contribution in [0.5, 0.6) is 11.5 Å². The Bertz CT molecular complexity index is 1250. The van der Waals surface area contributed by atoms with Gasteiger partial charge < -0.3 is 24.5 Å². The number of pyridine rings is 1. The van der Waals surface area contributed by atoms with Crippen LogP contribution in [0.15, 0.2) is 48.7 Å². The fraction of sp³-hybridized carbons (Fsp3) is 0.227. The van der Waals surface area contributed by atoms with Crippen LogP contribution in [0.1, 0.15) is 5.56 Å². The number of methoxy groups -OCH3 is 1. The highest BCUT2D eigenvalue weighted by atomic mass is 19.4. The molecule has 2 N–H and O–H groups in total. The predicted molar refractivity (Wildman–Crippen MR) is 112 cm³/mol. The molecule has 2 aromatic carbocycles. The molecule has 0 fully saturated rings. The number of halogens is 3. The summed E-state index contributed by atoms with van der Waals surface area (Å²) in [7, 11) is 1.58. The van der Waals surface area contributed by atoms with Crippen molar-refractivity contribution in [3.63, 3.8) is 0 Å². The number of aliphatic hydroxyl groups excluding tert-OH is 1. The number of ether oxygens (including phenoxy) is 2. The van der Waals surface area contributed by atoms with Crippen LogP contribution in [-0.2, 0) is 0 Å². The van der Waals surface area contributed by atoms with Gasteiger partial charge in [-0.25, -0.2) is 4.98 Å². The van der Waals surface area contributed by atoms with Crippen molar-refractivity contribution in [1.82, 2.24) is 9.55 Å². The standard InChI is InChI=1S/C22H20F3N3O3/c1-13-12-14(30-2)6-7-17(13)28-10-8-16-20(28)15-4-3-5-18(31-22(23,24)25)19(15)27-21(16)26-9-11-29/h3-8,10,12,29H,9,11H2,1-2H3,(H,26,27). The quantitative estimate of drug-likeness (QED) is 0.459. The largest absolute Gasteiger partial charge is 0.573 e. The first-order valence-electron chi connectivity index (χ1n) is 9.51. The molecule has 0 unspecified atom stereocenters. The molecule has 2 heterocycles. The van der Waals surface area contributed by atoms with Gasteiger partial charge in [-0.15, -0.1) is 13.2 Å². The van der Waals surface area contributed by atoms with E-state index >= 15 is 0 Å². The van der Waals surface area contributed by atoms with Crippen molar-refractivity contribution in [2.24, 2.45) is 0 Å². The summed E-state index contributed by atoms with van der Waals surface area (Å²) in [5, 5.41) is 13.4. The molecule has 4 aromatic rings. The van der Waals surface area contributed by atoms with Crippen molar-refractivity contribution in [2.75, 3.05) is 25.6 Å². The fourth-order valence-electron chi connectivity index (χ4n) is 3.64. The molecule has 0 bridgehead atoms. The van der Waals surface area contributed by atoms with Gasteiger partial charge in [0.2, 0.25) is 0 Å². The van der Waals surface area contributed by atoms with E-state index in [0.717, 1.165) is 11.3 Å². The van der Waals surface area contributed by atoms with Crippen molar-refractivity contribution in [3.8, 4) is 17.2 Å². The number of aliphatic hydroxyl groups is 1. The number of rotatable bonds is 6. The number of nitrogens with one attached hydrogen (secondary N) is 1. The number of para-hydroxylation sites is 1. The third kappa shape index (κ3) is 3.96. The van der Waals surface area contributed by atoms with Crippen molar-refractivity contribution in [1.29, 1.82) is 0 Å². The first kappa shape index (κ1) is 20.8. The van der Waals surface area contributed by atoms with Crippen LogP contribution in [0.2, 0.25) is 0 Å². The van der Waals surface area contributed by atoms with Gasteiger partial charge in [-0.1, -0.05) is 12.1 Å². The zero-order valence-electron chi connectivity index (χ0n) is 16.8. The number of nitrogens with zero attached hydrogens (tertiary/aromatic N) is 2. The second-order valence-corrected chi connectivity index (χ2v) is 6.91. The first-order chi connectivity index (χ1) is 14.8. The van der Waals surface area contributed by atoms with Gasteiger partial charge in [-0.05, 0) is 42.8 Å². The van der Waals surface area contributed by atoms with Crippen LogP contribution in [0, 0.1) is 6.92 Å². The summed E-state index contributed by atoms with van der Waals surface area (Å²) in [6.45, 7) is 1.97. The average Bonchev–Trinajstić information content (AvgIpc) is 3.16. The number of hydrogen-bond donors (Lipinski definition) is 2. The van der Waals surface area contributed by atoms with E-state index in [1.165, 1.54) is 12.1 Å². The molecule has 0 radical (unpaired) electrons. The third-order valence-electron chi connectivity index (χ3n) is 4.91. The van der Waals surface area contributed by atoms with Gasteiger partial charge in [0.1, 0.15) is 17.1 Å². The Morgan fingerprint density at radius 1 is 1.13 bits per heavy atom. The van der Waals surface area contributed by atoms with E-state index in [2.05, 4.69) is 15.0 Å². The Labute approximate surface area is 175 Å². The van der Waals surface area contributed by atoms with Gasteiger partial charge >= 0.3 is 6.36 Å². The van der Waals surface area contributed by atoms with Crippen molar-refractivity contribution < 1.29 is 27.8 Å². The van der Waals surface area contributed by atoms with E-state index in [0.29, 0.717) is 27.9 Å². The highest BCUT2D eigenvalue weighted by molar-refractivity contribution is 6.10. The summed E-state index contributed by atoms with van der Waals surface area (Å²) in [6, 6.07) is 11.9. The maximum atomic E-state index is 13.0. The molecule has 0 aliphatic rings. The van der Waals surface area contributed by atoms with Gasteiger partial charge in [0.25, 0.3) is 0 Å². The summed E-state index contributed by atoms with van der Waals surface area (Å²) in [5.41, 5.74) is 2.51. The maximum Gasteiger partial charge on any atom is 0.573 e. The van der Waals surface area contributed by atoms with Gasteiger partial charge in [0.05, 0.1) is 19.2 Å². The van der Waals surface area contributed by atoms with Crippen molar-refractivity contribution in [2.45, 2.75) is 13.3 Å². The van der Waals surface area contributed by atoms with Crippen LogP contribution in [0.3, 0.4) is 0 Å². The molecular formula is C22H20F3N3O3. The van der Waals surface area contributed by atoms with Crippen LogP contribution < -0.4 is 14.8 Å². The SMILES string of the molecule is COc1ccc(-n2ccc3c(NCCO)nc4c(OC(F)(F)F)cccc4c32)c(C)c1. The summed E-state index contributed by atoms with van der Waals surface area (Å²) in [6.07, 6.45) is -3.01. The van der Waals surface area contributed by atoms with Crippen LogP contribution in [-0.4, -0.2) is 41.3 Å². The Balaban J connectivity index is 2.03. The molecule has 0 spiro atoms. The average molecular weight is 431 g/mol. The van der Waals surface area contributed by atoms with Gasteiger partial charge in [0.15, 0.2) is 5.75 Å². The zero-order chi connectivity index (χ0) is 22.2. The van der Waals surface area contributed by atoms with Crippen molar-refractivity contribution in [3.05, 3.63) is 54.2 Å². The van der Waals surface area contributed by atoms with E-state index in [4.69, 9.17) is 4.74 Å². The molecule has 9 heteroatoms. The Morgan fingerprint density at radius 3 is 2.61 bits per heavy atom. The van der Waals surface area contributed by atoms with E-state index in [9.17, 15) is 18.3 Å². The van der Waals surface area contributed by atoms with Crippen LogP contribution >= 0.6 is 0 Å². The Kier molecular flexibility index (Phi) is 5.36. The molecule has 31 heavy (non-hydrogen) atoms. The molecule has 0 amide bonds. The van der Waals surface area contributed by atoms with Crippen LogP contribution in [0.4, 0.5) is 19.0 Å². The third-order valence-corrected chi connectivity index (χ3v) is 4.91.